The summed E-state index contributed by atoms with van der Waals surface area (Å²) in [6, 6.07) is 10.7. The molecule has 148 valence electrons. The maximum Gasteiger partial charge on any atom is 0.269 e. The van der Waals surface area contributed by atoms with Gasteiger partial charge < -0.3 is 9.84 Å². The molecule has 0 aliphatic carbocycles. The molecule has 1 saturated heterocycles. The molecule has 0 amide bonds. The second kappa shape index (κ2) is 7.62. The number of aliphatic hydroxyl groups is 1. The van der Waals surface area contributed by atoms with Gasteiger partial charge in [-0.15, -0.1) is 0 Å². The van der Waals surface area contributed by atoms with Gasteiger partial charge in [-0.2, -0.15) is 0 Å². The summed E-state index contributed by atoms with van der Waals surface area (Å²) in [7, 11) is -4.00. The zero-order chi connectivity index (χ0) is 19.7. The van der Waals surface area contributed by atoms with E-state index in [1.54, 1.807) is 18.2 Å². The number of ether oxygens (including phenoxy) is 1. The molecule has 2 aromatic heterocycles. The molecular weight excluding hydrogens is 383 g/mol. The fraction of sp³-hybridized carbons (Fsp3) is 0.350. The molecule has 1 fully saturated rings. The van der Waals surface area contributed by atoms with Gasteiger partial charge in [-0.25, -0.2) is 21.8 Å². The van der Waals surface area contributed by atoms with Crippen molar-refractivity contribution in [1.82, 2.24) is 8.96 Å². The van der Waals surface area contributed by atoms with E-state index in [2.05, 4.69) is 4.98 Å². The summed E-state index contributed by atoms with van der Waals surface area (Å²) in [5.74, 6) is -0.327. The summed E-state index contributed by atoms with van der Waals surface area (Å²) in [5, 5.41) is 11.2. The summed E-state index contributed by atoms with van der Waals surface area (Å²) < 4.78 is 46.7. The van der Waals surface area contributed by atoms with Gasteiger partial charge in [-0.1, -0.05) is 18.2 Å². The first-order valence-electron chi connectivity index (χ1n) is 9.20. The molecule has 3 heterocycles. The summed E-state index contributed by atoms with van der Waals surface area (Å²) in [5.41, 5.74) is 0.301. The summed E-state index contributed by atoms with van der Waals surface area (Å²) in [6.45, 7) is 1.27. The van der Waals surface area contributed by atoms with Crippen LogP contribution >= 0.6 is 0 Å². The molecule has 4 rings (SSSR count). The lowest BCUT2D eigenvalue weighted by molar-refractivity contribution is 0.0426. The summed E-state index contributed by atoms with van der Waals surface area (Å²) in [4.78, 5) is 4.08. The average Bonchev–Trinajstić information content (AvgIpc) is 3.09. The number of aliphatic hydroxyl groups excluding tert-OH is 1. The van der Waals surface area contributed by atoms with E-state index in [1.807, 2.05) is 0 Å². The second-order valence-corrected chi connectivity index (χ2v) is 8.81. The Hall–Kier alpha value is -2.29. The molecule has 3 aromatic rings. The van der Waals surface area contributed by atoms with Crippen molar-refractivity contribution < 1.29 is 22.7 Å². The first kappa shape index (κ1) is 19.0. The maximum atomic E-state index is 13.7. The molecule has 1 aliphatic rings. The van der Waals surface area contributed by atoms with Gasteiger partial charge in [0, 0.05) is 18.6 Å². The van der Waals surface area contributed by atoms with Crippen molar-refractivity contribution in [3.05, 3.63) is 60.2 Å². The zero-order valence-corrected chi connectivity index (χ0v) is 16.0. The SMILES string of the molecule is O=S(=O)(c1ccccc1)n1c(C(O)CC2CCOCC2)cc2cc(F)cnc21. The van der Waals surface area contributed by atoms with Gasteiger partial charge in [-0.3, -0.25) is 0 Å². The maximum absolute atomic E-state index is 13.7. The molecule has 1 N–H and O–H groups in total. The fourth-order valence-electron chi connectivity index (χ4n) is 3.66. The van der Waals surface area contributed by atoms with Crippen LogP contribution in [0.4, 0.5) is 4.39 Å². The van der Waals surface area contributed by atoms with Crippen LogP contribution in [0.3, 0.4) is 0 Å². The number of nitrogens with zero attached hydrogens (tertiary/aromatic N) is 2. The van der Waals surface area contributed by atoms with Gasteiger partial charge in [-0.05, 0) is 49.4 Å². The topological polar surface area (TPSA) is 81.4 Å². The van der Waals surface area contributed by atoms with Crippen molar-refractivity contribution in [2.45, 2.75) is 30.3 Å². The van der Waals surface area contributed by atoms with Crippen LogP contribution in [0.2, 0.25) is 0 Å². The molecule has 1 atom stereocenters. The highest BCUT2D eigenvalue weighted by molar-refractivity contribution is 7.90. The lowest BCUT2D eigenvalue weighted by Gasteiger charge is -2.24. The van der Waals surface area contributed by atoms with Crippen LogP contribution in [0, 0.1) is 11.7 Å². The molecule has 0 radical (unpaired) electrons. The van der Waals surface area contributed by atoms with Crippen molar-refractivity contribution in [2.24, 2.45) is 5.92 Å². The quantitative estimate of drug-likeness (QED) is 0.706. The lowest BCUT2D eigenvalue weighted by Crippen LogP contribution is -2.21. The second-order valence-electron chi connectivity index (χ2n) is 7.03. The number of halogens is 1. The smallest absolute Gasteiger partial charge is 0.269 e. The van der Waals surface area contributed by atoms with Gasteiger partial charge in [0.15, 0.2) is 5.65 Å². The standard InChI is InChI=1S/C20H21FN2O4S/c21-16-11-15-12-18(19(24)10-14-6-8-27-9-7-14)23(20(15)22-13-16)28(25,26)17-4-2-1-3-5-17/h1-5,11-14,19,24H,6-10H2. The number of pyridine rings is 1. The number of hydrogen-bond donors (Lipinski definition) is 1. The number of rotatable bonds is 5. The van der Waals surface area contributed by atoms with E-state index in [1.165, 1.54) is 24.3 Å². The van der Waals surface area contributed by atoms with E-state index >= 15 is 0 Å². The van der Waals surface area contributed by atoms with E-state index in [0.717, 1.165) is 23.0 Å². The monoisotopic (exact) mass is 404 g/mol. The predicted octanol–water partition coefficient (Wildman–Crippen LogP) is 3.26. The molecule has 0 saturated carbocycles. The third-order valence-corrected chi connectivity index (χ3v) is 6.84. The zero-order valence-electron chi connectivity index (χ0n) is 15.2. The van der Waals surface area contributed by atoms with Crippen molar-refractivity contribution >= 4 is 21.1 Å². The average molecular weight is 404 g/mol. The molecule has 0 bridgehead atoms. The normalized spacial score (nSPS) is 17.1. The van der Waals surface area contributed by atoms with E-state index in [4.69, 9.17) is 4.74 Å². The highest BCUT2D eigenvalue weighted by atomic mass is 32.2. The Morgan fingerprint density at radius 2 is 1.93 bits per heavy atom. The highest BCUT2D eigenvalue weighted by Gasteiger charge is 2.29. The molecule has 1 aromatic carbocycles. The Balaban J connectivity index is 1.82. The number of hydrogen-bond acceptors (Lipinski definition) is 5. The number of benzene rings is 1. The Bertz CT molecular complexity index is 1080. The number of fused-ring (bicyclic) bond motifs is 1. The van der Waals surface area contributed by atoms with E-state index in [9.17, 15) is 17.9 Å². The molecule has 1 aliphatic heterocycles. The predicted molar refractivity (Wildman–Crippen MR) is 102 cm³/mol. The molecule has 0 spiro atoms. The molecule has 6 nitrogen and oxygen atoms in total. The minimum absolute atomic E-state index is 0.0816. The largest absolute Gasteiger partial charge is 0.387 e. The third kappa shape index (κ3) is 3.55. The van der Waals surface area contributed by atoms with Gasteiger partial charge in [0.1, 0.15) is 5.82 Å². The van der Waals surface area contributed by atoms with E-state index < -0.39 is 21.9 Å². The Morgan fingerprint density at radius 1 is 1.21 bits per heavy atom. The first-order chi connectivity index (χ1) is 13.5. The molecule has 1 unspecified atom stereocenters. The van der Waals surface area contributed by atoms with Crippen LogP contribution in [-0.2, 0) is 14.8 Å². The van der Waals surface area contributed by atoms with Crippen LogP contribution in [0.15, 0.2) is 53.6 Å². The van der Waals surface area contributed by atoms with Crippen LogP contribution in [0.25, 0.3) is 11.0 Å². The Kier molecular flexibility index (Phi) is 5.18. The summed E-state index contributed by atoms with van der Waals surface area (Å²) >= 11 is 0. The van der Waals surface area contributed by atoms with Crippen LogP contribution in [-0.4, -0.2) is 35.7 Å². The van der Waals surface area contributed by atoms with Crippen LogP contribution in [0.1, 0.15) is 31.1 Å². The Morgan fingerprint density at radius 3 is 2.64 bits per heavy atom. The van der Waals surface area contributed by atoms with Gasteiger partial charge >= 0.3 is 0 Å². The van der Waals surface area contributed by atoms with Gasteiger partial charge in [0.05, 0.1) is 22.9 Å². The summed E-state index contributed by atoms with van der Waals surface area (Å²) in [6.07, 6.45) is 2.00. The lowest BCUT2D eigenvalue weighted by atomic mass is 9.92. The molecular formula is C20H21FN2O4S. The minimum atomic E-state index is -4.00. The third-order valence-electron chi connectivity index (χ3n) is 5.11. The van der Waals surface area contributed by atoms with E-state index in [-0.39, 0.29) is 22.2 Å². The molecule has 28 heavy (non-hydrogen) atoms. The van der Waals surface area contributed by atoms with Crippen LogP contribution in [0.5, 0.6) is 0 Å². The first-order valence-corrected chi connectivity index (χ1v) is 10.6. The Labute approximate surface area is 162 Å². The van der Waals surface area contributed by atoms with Crippen molar-refractivity contribution in [2.75, 3.05) is 13.2 Å². The van der Waals surface area contributed by atoms with Gasteiger partial charge in [0.25, 0.3) is 10.0 Å². The fourth-order valence-corrected chi connectivity index (χ4v) is 5.21. The number of aromatic nitrogens is 2. The van der Waals surface area contributed by atoms with Crippen molar-refractivity contribution in [3.8, 4) is 0 Å². The van der Waals surface area contributed by atoms with Crippen LogP contribution < -0.4 is 0 Å². The van der Waals surface area contributed by atoms with Crippen molar-refractivity contribution in [3.63, 3.8) is 0 Å². The highest BCUT2D eigenvalue weighted by Crippen LogP contribution is 2.33. The van der Waals surface area contributed by atoms with Crippen molar-refractivity contribution in [1.29, 1.82) is 0 Å². The minimum Gasteiger partial charge on any atom is -0.387 e. The van der Waals surface area contributed by atoms with E-state index in [0.29, 0.717) is 25.0 Å². The van der Waals surface area contributed by atoms with Gasteiger partial charge in [0.2, 0.25) is 0 Å². The molecule has 8 heteroatoms.